The van der Waals surface area contributed by atoms with Crippen molar-refractivity contribution in [3.05, 3.63) is 18.0 Å². The van der Waals surface area contributed by atoms with Gasteiger partial charge in [-0.3, -0.25) is 9.48 Å². The standard InChI is InChI=1S/C12H21N3O/c1-9(2)4-10(6-13)5-12(16)11-7-14-15(3)8-11/h7-10H,4-6,13H2,1-3H3. The Morgan fingerprint density at radius 3 is 2.69 bits per heavy atom. The molecule has 0 aromatic carbocycles. The Morgan fingerprint density at radius 2 is 2.25 bits per heavy atom. The molecule has 0 saturated heterocycles. The lowest BCUT2D eigenvalue weighted by molar-refractivity contribution is 0.0957. The smallest absolute Gasteiger partial charge is 0.166 e. The molecular weight excluding hydrogens is 202 g/mol. The molecule has 1 atom stereocenters. The van der Waals surface area contributed by atoms with Crippen LogP contribution in [0, 0.1) is 11.8 Å². The lowest BCUT2D eigenvalue weighted by Crippen LogP contribution is -2.20. The first-order chi connectivity index (χ1) is 7.52. The number of aryl methyl sites for hydroxylation is 1. The summed E-state index contributed by atoms with van der Waals surface area (Å²) in [6.45, 7) is 4.87. The van der Waals surface area contributed by atoms with Crippen molar-refractivity contribution < 1.29 is 4.79 Å². The number of nitrogens with zero attached hydrogens (tertiary/aromatic N) is 2. The van der Waals surface area contributed by atoms with E-state index in [0.29, 0.717) is 24.4 Å². The van der Waals surface area contributed by atoms with E-state index in [9.17, 15) is 4.79 Å². The van der Waals surface area contributed by atoms with Crippen LogP contribution in [0.4, 0.5) is 0 Å². The quantitative estimate of drug-likeness (QED) is 0.745. The Kier molecular flexibility index (Phi) is 4.68. The summed E-state index contributed by atoms with van der Waals surface area (Å²) >= 11 is 0. The Bertz CT molecular complexity index is 344. The van der Waals surface area contributed by atoms with Crippen LogP contribution in [0.2, 0.25) is 0 Å². The molecule has 0 bridgehead atoms. The molecule has 0 aliphatic heterocycles. The van der Waals surface area contributed by atoms with Crippen LogP contribution in [-0.2, 0) is 7.05 Å². The molecule has 1 heterocycles. The van der Waals surface area contributed by atoms with Crippen LogP contribution < -0.4 is 5.73 Å². The van der Waals surface area contributed by atoms with Gasteiger partial charge in [-0.1, -0.05) is 13.8 Å². The molecule has 0 aliphatic carbocycles. The van der Waals surface area contributed by atoms with Gasteiger partial charge in [0, 0.05) is 19.7 Å². The lowest BCUT2D eigenvalue weighted by atomic mass is 9.91. The van der Waals surface area contributed by atoms with Crippen molar-refractivity contribution in [2.45, 2.75) is 26.7 Å². The molecule has 0 aliphatic rings. The molecular formula is C12H21N3O. The third-order valence-corrected chi connectivity index (χ3v) is 2.64. The van der Waals surface area contributed by atoms with Crippen molar-refractivity contribution >= 4 is 5.78 Å². The number of carbonyl (C=O) groups is 1. The maximum atomic E-state index is 11.9. The number of Topliss-reactive ketones (excluding diaryl/α,β-unsaturated/α-hetero) is 1. The van der Waals surface area contributed by atoms with E-state index in [1.165, 1.54) is 0 Å². The first-order valence-electron chi connectivity index (χ1n) is 5.74. The van der Waals surface area contributed by atoms with Crippen LogP contribution in [0.1, 0.15) is 37.0 Å². The number of hydrogen-bond acceptors (Lipinski definition) is 3. The highest BCUT2D eigenvalue weighted by molar-refractivity contribution is 5.95. The fourth-order valence-electron chi connectivity index (χ4n) is 1.87. The van der Waals surface area contributed by atoms with Crippen molar-refractivity contribution in [3.8, 4) is 0 Å². The lowest BCUT2D eigenvalue weighted by Gasteiger charge is -2.15. The molecule has 1 aromatic rings. The number of hydrogen-bond donors (Lipinski definition) is 1. The van der Waals surface area contributed by atoms with Gasteiger partial charge in [-0.25, -0.2) is 0 Å². The summed E-state index contributed by atoms with van der Waals surface area (Å²) in [5.41, 5.74) is 6.36. The first-order valence-corrected chi connectivity index (χ1v) is 5.74. The topological polar surface area (TPSA) is 60.9 Å². The minimum Gasteiger partial charge on any atom is -0.330 e. The van der Waals surface area contributed by atoms with E-state index in [4.69, 9.17) is 5.73 Å². The van der Waals surface area contributed by atoms with Crippen molar-refractivity contribution in [1.82, 2.24) is 9.78 Å². The zero-order valence-electron chi connectivity index (χ0n) is 10.3. The van der Waals surface area contributed by atoms with Crippen LogP contribution in [-0.4, -0.2) is 22.1 Å². The average molecular weight is 223 g/mol. The monoisotopic (exact) mass is 223 g/mol. The van der Waals surface area contributed by atoms with Crippen LogP contribution in [0.25, 0.3) is 0 Å². The van der Waals surface area contributed by atoms with E-state index in [1.807, 2.05) is 7.05 Å². The third kappa shape index (κ3) is 3.77. The van der Waals surface area contributed by atoms with Gasteiger partial charge >= 0.3 is 0 Å². The highest BCUT2D eigenvalue weighted by Crippen LogP contribution is 2.16. The molecule has 0 spiro atoms. The Balaban J connectivity index is 2.55. The number of rotatable bonds is 6. The molecule has 0 fully saturated rings. The highest BCUT2D eigenvalue weighted by Gasteiger charge is 2.16. The molecule has 16 heavy (non-hydrogen) atoms. The van der Waals surface area contributed by atoms with Crippen molar-refractivity contribution in [3.63, 3.8) is 0 Å². The maximum Gasteiger partial charge on any atom is 0.166 e. The van der Waals surface area contributed by atoms with Crippen molar-refractivity contribution in [1.29, 1.82) is 0 Å². The number of carbonyl (C=O) groups excluding carboxylic acids is 1. The van der Waals surface area contributed by atoms with E-state index in [0.717, 1.165) is 6.42 Å². The second-order valence-electron chi connectivity index (χ2n) is 4.76. The second kappa shape index (κ2) is 5.80. The maximum absolute atomic E-state index is 11.9. The Morgan fingerprint density at radius 1 is 1.56 bits per heavy atom. The van der Waals surface area contributed by atoms with Gasteiger partial charge in [-0.05, 0) is 24.8 Å². The fourth-order valence-corrected chi connectivity index (χ4v) is 1.87. The predicted octanol–water partition coefficient (Wildman–Crippen LogP) is 1.61. The molecule has 4 heteroatoms. The predicted molar refractivity (Wildman–Crippen MR) is 64.2 cm³/mol. The van der Waals surface area contributed by atoms with Crippen LogP contribution in [0.5, 0.6) is 0 Å². The SMILES string of the molecule is CC(C)CC(CN)CC(=O)c1cnn(C)c1. The van der Waals surface area contributed by atoms with E-state index in [2.05, 4.69) is 18.9 Å². The highest BCUT2D eigenvalue weighted by atomic mass is 16.1. The summed E-state index contributed by atoms with van der Waals surface area (Å²) in [6.07, 6.45) is 4.90. The van der Waals surface area contributed by atoms with Crippen LogP contribution in [0.3, 0.4) is 0 Å². The van der Waals surface area contributed by atoms with E-state index < -0.39 is 0 Å². The van der Waals surface area contributed by atoms with Gasteiger partial charge in [0.25, 0.3) is 0 Å². The zero-order valence-corrected chi connectivity index (χ0v) is 10.3. The van der Waals surface area contributed by atoms with Gasteiger partial charge in [0.05, 0.1) is 11.8 Å². The number of ketones is 1. The molecule has 1 unspecified atom stereocenters. The summed E-state index contributed by atoms with van der Waals surface area (Å²) < 4.78 is 1.65. The average Bonchev–Trinajstić information content (AvgIpc) is 2.63. The van der Waals surface area contributed by atoms with E-state index in [1.54, 1.807) is 17.1 Å². The van der Waals surface area contributed by atoms with Crippen LogP contribution >= 0.6 is 0 Å². The molecule has 4 nitrogen and oxygen atoms in total. The Hall–Kier alpha value is -1.16. The molecule has 1 rings (SSSR count). The number of nitrogens with two attached hydrogens (primary N) is 1. The largest absolute Gasteiger partial charge is 0.330 e. The third-order valence-electron chi connectivity index (χ3n) is 2.64. The van der Waals surface area contributed by atoms with Crippen LogP contribution in [0.15, 0.2) is 12.4 Å². The molecule has 90 valence electrons. The molecule has 0 radical (unpaired) electrons. The summed E-state index contributed by atoms with van der Waals surface area (Å²) in [5.74, 6) is 1.01. The van der Waals surface area contributed by atoms with E-state index in [-0.39, 0.29) is 11.7 Å². The zero-order chi connectivity index (χ0) is 12.1. The summed E-state index contributed by atoms with van der Waals surface area (Å²) in [4.78, 5) is 11.9. The summed E-state index contributed by atoms with van der Waals surface area (Å²) in [7, 11) is 1.81. The van der Waals surface area contributed by atoms with Gasteiger partial charge in [-0.15, -0.1) is 0 Å². The molecule has 0 saturated carbocycles. The van der Waals surface area contributed by atoms with Gasteiger partial charge in [-0.2, -0.15) is 5.10 Å². The molecule has 0 amide bonds. The normalized spacial score (nSPS) is 13.1. The molecule has 1 aromatic heterocycles. The first kappa shape index (κ1) is 12.9. The van der Waals surface area contributed by atoms with E-state index >= 15 is 0 Å². The molecule has 2 N–H and O–H groups in total. The number of aromatic nitrogens is 2. The summed E-state index contributed by atoms with van der Waals surface area (Å²) in [5, 5.41) is 4.00. The minimum absolute atomic E-state index is 0.143. The minimum atomic E-state index is 0.143. The van der Waals surface area contributed by atoms with Gasteiger partial charge in [0.1, 0.15) is 0 Å². The van der Waals surface area contributed by atoms with Crippen molar-refractivity contribution in [2.75, 3.05) is 6.54 Å². The van der Waals surface area contributed by atoms with Gasteiger partial charge in [0.15, 0.2) is 5.78 Å². The van der Waals surface area contributed by atoms with Gasteiger partial charge in [0.2, 0.25) is 0 Å². The Labute approximate surface area is 96.8 Å². The second-order valence-corrected chi connectivity index (χ2v) is 4.76. The fraction of sp³-hybridized carbons (Fsp3) is 0.667. The van der Waals surface area contributed by atoms with Gasteiger partial charge < -0.3 is 5.73 Å². The summed E-state index contributed by atoms with van der Waals surface area (Å²) in [6, 6.07) is 0. The van der Waals surface area contributed by atoms with Crippen molar-refractivity contribution in [2.24, 2.45) is 24.6 Å².